The third-order valence-corrected chi connectivity index (χ3v) is 2.76. The first-order chi connectivity index (χ1) is 9.81. The summed E-state index contributed by atoms with van der Waals surface area (Å²) in [5.41, 5.74) is 2.53. The van der Waals surface area contributed by atoms with Gasteiger partial charge in [-0.15, -0.1) is 0 Å². The van der Waals surface area contributed by atoms with Gasteiger partial charge in [-0.1, -0.05) is 0 Å². The van der Waals surface area contributed by atoms with Crippen LogP contribution in [-0.4, -0.2) is 15.0 Å². The van der Waals surface area contributed by atoms with Gasteiger partial charge in [0.25, 0.3) is 0 Å². The van der Waals surface area contributed by atoms with Crippen molar-refractivity contribution in [2.24, 2.45) is 0 Å². The van der Waals surface area contributed by atoms with Crippen molar-refractivity contribution in [2.75, 3.05) is 5.32 Å². The van der Waals surface area contributed by atoms with E-state index in [9.17, 15) is 4.39 Å². The first kappa shape index (κ1) is 12.2. The lowest BCUT2D eigenvalue weighted by molar-refractivity contribution is 0.628. The van der Waals surface area contributed by atoms with Gasteiger partial charge in [-0.25, -0.2) is 14.4 Å². The van der Waals surface area contributed by atoms with Crippen LogP contribution >= 0.6 is 0 Å². The zero-order valence-electron chi connectivity index (χ0n) is 10.5. The molecule has 3 rings (SSSR count). The third-order valence-electron chi connectivity index (χ3n) is 2.76. The van der Waals surface area contributed by atoms with Crippen LogP contribution in [0.2, 0.25) is 0 Å². The summed E-state index contributed by atoms with van der Waals surface area (Å²) < 4.78 is 12.9. The lowest BCUT2D eigenvalue weighted by Crippen LogP contribution is -1.95. The predicted octanol–water partition coefficient (Wildman–Crippen LogP) is 3.42. The fourth-order valence-corrected chi connectivity index (χ4v) is 1.79. The first-order valence-corrected chi connectivity index (χ1v) is 6.06. The molecule has 0 atom stereocenters. The minimum atomic E-state index is -0.268. The van der Waals surface area contributed by atoms with E-state index in [0.29, 0.717) is 5.82 Å². The van der Waals surface area contributed by atoms with E-state index in [-0.39, 0.29) is 5.82 Å². The number of hydrogen-bond donors (Lipinski definition) is 1. The van der Waals surface area contributed by atoms with Crippen molar-refractivity contribution in [1.29, 1.82) is 0 Å². The van der Waals surface area contributed by atoms with E-state index in [4.69, 9.17) is 0 Å². The molecule has 2 aromatic heterocycles. The zero-order valence-corrected chi connectivity index (χ0v) is 10.5. The molecular formula is C15H11FN4. The van der Waals surface area contributed by atoms with Gasteiger partial charge in [0, 0.05) is 29.7 Å². The lowest BCUT2D eigenvalue weighted by atomic mass is 10.2. The highest BCUT2D eigenvalue weighted by atomic mass is 19.1. The Morgan fingerprint density at radius 1 is 0.900 bits per heavy atom. The second-order valence-corrected chi connectivity index (χ2v) is 4.16. The summed E-state index contributed by atoms with van der Waals surface area (Å²) in [6, 6.07) is 11.7. The lowest BCUT2D eigenvalue weighted by Gasteiger charge is -2.06. The second-order valence-electron chi connectivity index (χ2n) is 4.16. The highest BCUT2D eigenvalue weighted by Crippen LogP contribution is 2.20. The summed E-state index contributed by atoms with van der Waals surface area (Å²) in [6.07, 6.45) is 4.91. The molecule has 0 bridgehead atoms. The molecule has 0 aliphatic carbocycles. The summed E-state index contributed by atoms with van der Waals surface area (Å²) in [5.74, 6) is 0.383. The molecule has 3 aromatic rings. The van der Waals surface area contributed by atoms with Crippen molar-refractivity contribution in [2.45, 2.75) is 0 Å². The number of halogens is 1. The van der Waals surface area contributed by atoms with E-state index >= 15 is 0 Å². The van der Waals surface area contributed by atoms with Crippen molar-refractivity contribution >= 4 is 11.5 Å². The van der Waals surface area contributed by atoms with Gasteiger partial charge in [0.2, 0.25) is 0 Å². The van der Waals surface area contributed by atoms with Crippen LogP contribution in [0.15, 0.2) is 61.2 Å². The average Bonchev–Trinajstić information content (AvgIpc) is 2.51. The van der Waals surface area contributed by atoms with Gasteiger partial charge in [-0.3, -0.25) is 4.98 Å². The van der Waals surface area contributed by atoms with Gasteiger partial charge in [-0.05, 0) is 36.4 Å². The Balaban J connectivity index is 1.86. The van der Waals surface area contributed by atoms with Crippen molar-refractivity contribution in [1.82, 2.24) is 15.0 Å². The van der Waals surface area contributed by atoms with Gasteiger partial charge in [0.15, 0.2) is 0 Å². The van der Waals surface area contributed by atoms with Gasteiger partial charge >= 0.3 is 0 Å². The third kappa shape index (κ3) is 2.77. The van der Waals surface area contributed by atoms with Crippen molar-refractivity contribution in [3.63, 3.8) is 0 Å². The largest absolute Gasteiger partial charge is 0.340 e. The van der Waals surface area contributed by atoms with E-state index in [0.717, 1.165) is 16.9 Å². The van der Waals surface area contributed by atoms with Crippen LogP contribution < -0.4 is 5.32 Å². The average molecular weight is 266 g/mol. The topological polar surface area (TPSA) is 50.7 Å². The van der Waals surface area contributed by atoms with Crippen molar-refractivity contribution in [3.05, 3.63) is 67.0 Å². The van der Waals surface area contributed by atoms with E-state index < -0.39 is 0 Å². The van der Waals surface area contributed by atoms with Crippen LogP contribution in [0.5, 0.6) is 0 Å². The molecule has 0 unspecified atom stereocenters. The Labute approximate surface area is 115 Å². The Hall–Kier alpha value is -2.82. The number of aromatic nitrogens is 3. The van der Waals surface area contributed by atoms with Gasteiger partial charge in [0.1, 0.15) is 18.0 Å². The highest BCUT2D eigenvalue weighted by molar-refractivity contribution is 5.64. The van der Waals surface area contributed by atoms with Gasteiger partial charge < -0.3 is 5.32 Å². The van der Waals surface area contributed by atoms with Crippen LogP contribution in [0.4, 0.5) is 15.9 Å². The molecule has 0 saturated heterocycles. The number of nitrogens with zero attached hydrogens (tertiary/aromatic N) is 3. The maximum absolute atomic E-state index is 12.9. The molecule has 1 aromatic carbocycles. The minimum absolute atomic E-state index is 0.268. The Kier molecular flexibility index (Phi) is 3.33. The molecule has 0 amide bonds. The fraction of sp³-hybridized carbons (Fsp3) is 0. The molecule has 0 saturated carbocycles. The molecule has 1 N–H and O–H groups in total. The number of anilines is 2. The standard InChI is InChI=1S/C15H11FN4/c16-12-1-3-13(4-2-12)20-15-9-14(18-10-19-15)11-5-7-17-8-6-11/h1-10H,(H,18,19,20). The fourth-order valence-electron chi connectivity index (χ4n) is 1.79. The highest BCUT2D eigenvalue weighted by Gasteiger charge is 2.02. The number of nitrogens with one attached hydrogen (secondary N) is 1. The van der Waals surface area contributed by atoms with Gasteiger partial charge in [-0.2, -0.15) is 0 Å². The quantitative estimate of drug-likeness (QED) is 0.789. The molecule has 0 aliphatic heterocycles. The number of rotatable bonds is 3. The van der Waals surface area contributed by atoms with E-state index in [2.05, 4.69) is 20.3 Å². The number of benzene rings is 1. The molecular weight excluding hydrogens is 255 g/mol. The van der Waals surface area contributed by atoms with Crippen LogP contribution in [0, 0.1) is 5.82 Å². The molecule has 20 heavy (non-hydrogen) atoms. The van der Waals surface area contributed by atoms with Crippen LogP contribution in [0.25, 0.3) is 11.3 Å². The summed E-state index contributed by atoms with van der Waals surface area (Å²) >= 11 is 0. The molecule has 2 heterocycles. The summed E-state index contributed by atoms with van der Waals surface area (Å²) in [4.78, 5) is 12.4. The van der Waals surface area contributed by atoms with Crippen LogP contribution in [-0.2, 0) is 0 Å². The summed E-state index contributed by atoms with van der Waals surface area (Å²) in [7, 11) is 0. The minimum Gasteiger partial charge on any atom is -0.340 e. The molecule has 0 fully saturated rings. The second kappa shape index (κ2) is 5.44. The van der Waals surface area contributed by atoms with Crippen LogP contribution in [0.3, 0.4) is 0 Å². The Morgan fingerprint density at radius 2 is 1.65 bits per heavy atom. The maximum Gasteiger partial charge on any atom is 0.134 e. The smallest absolute Gasteiger partial charge is 0.134 e. The van der Waals surface area contributed by atoms with E-state index in [1.165, 1.54) is 18.5 Å². The first-order valence-electron chi connectivity index (χ1n) is 6.06. The Bertz CT molecular complexity index is 699. The molecule has 4 nitrogen and oxygen atoms in total. The van der Waals surface area contributed by atoms with Crippen molar-refractivity contribution in [3.8, 4) is 11.3 Å². The molecule has 0 spiro atoms. The summed E-state index contributed by atoms with van der Waals surface area (Å²) in [6.45, 7) is 0. The van der Waals surface area contributed by atoms with Gasteiger partial charge in [0.05, 0.1) is 5.69 Å². The normalized spacial score (nSPS) is 10.2. The molecule has 98 valence electrons. The van der Waals surface area contributed by atoms with Crippen LogP contribution in [0.1, 0.15) is 0 Å². The monoisotopic (exact) mass is 266 g/mol. The number of pyridine rings is 1. The maximum atomic E-state index is 12.9. The Morgan fingerprint density at radius 3 is 2.40 bits per heavy atom. The summed E-state index contributed by atoms with van der Waals surface area (Å²) in [5, 5.41) is 3.11. The van der Waals surface area contributed by atoms with E-state index in [1.807, 2.05) is 18.2 Å². The van der Waals surface area contributed by atoms with Crippen molar-refractivity contribution < 1.29 is 4.39 Å². The van der Waals surface area contributed by atoms with E-state index in [1.54, 1.807) is 24.5 Å². The number of hydrogen-bond acceptors (Lipinski definition) is 4. The predicted molar refractivity (Wildman–Crippen MR) is 74.9 cm³/mol. The zero-order chi connectivity index (χ0) is 13.8. The SMILES string of the molecule is Fc1ccc(Nc2cc(-c3ccncc3)ncn2)cc1. The molecule has 0 aliphatic rings. The molecule has 5 heteroatoms. The molecule has 0 radical (unpaired) electrons.